The first kappa shape index (κ1) is 11.1. The van der Waals surface area contributed by atoms with Gasteiger partial charge in [0.1, 0.15) is 0 Å². The second-order valence-electron chi connectivity index (χ2n) is 4.44. The topological polar surface area (TPSA) is 29.3 Å². The van der Waals surface area contributed by atoms with E-state index in [0.29, 0.717) is 0 Å². The molecule has 2 rings (SSSR count). The van der Waals surface area contributed by atoms with Crippen molar-refractivity contribution in [3.8, 4) is 0 Å². The van der Waals surface area contributed by atoms with Gasteiger partial charge in [-0.15, -0.1) is 0 Å². The highest BCUT2D eigenvalue weighted by Crippen LogP contribution is 2.34. The van der Waals surface area contributed by atoms with Gasteiger partial charge in [0.05, 0.1) is 0 Å². The van der Waals surface area contributed by atoms with Crippen molar-refractivity contribution >= 4 is 15.9 Å². The van der Waals surface area contributed by atoms with E-state index in [4.69, 9.17) is 5.73 Å². The van der Waals surface area contributed by atoms with Gasteiger partial charge in [-0.2, -0.15) is 0 Å². The maximum Gasteiger partial charge on any atom is 0.0445 e. The minimum atomic E-state index is -0.146. The molecular weight excluding hydrogens is 252 g/mol. The second-order valence-corrected chi connectivity index (χ2v) is 5.29. The summed E-state index contributed by atoms with van der Waals surface area (Å²) < 4.78 is 1.14. The van der Waals surface area contributed by atoms with E-state index in [1.807, 2.05) is 6.07 Å². The molecule has 2 N–H and O–H groups in total. The van der Waals surface area contributed by atoms with Crippen LogP contribution in [-0.4, -0.2) is 25.0 Å². The molecular formula is C12H17BrN2. The largest absolute Gasteiger partial charge is 0.321 e. The Morgan fingerprint density at radius 3 is 2.47 bits per heavy atom. The minimum Gasteiger partial charge on any atom is -0.321 e. The van der Waals surface area contributed by atoms with Gasteiger partial charge in [-0.3, -0.25) is 0 Å². The standard InChI is InChI=1S/C12H17BrN2/c1-15-8-6-12(14,7-9-15)10-4-2-3-5-11(10)13/h2-5H,6-9,14H2,1H3. The molecule has 0 atom stereocenters. The van der Waals surface area contributed by atoms with Crippen LogP contribution in [0.1, 0.15) is 18.4 Å². The van der Waals surface area contributed by atoms with Gasteiger partial charge in [-0.25, -0.2) is 0 Å². The zero-order valence-electron chi connectivity index (χ0n) is 9.04. The molecule has 2 nitrogen and oxygen atoms in total. The molecule has 0 amide bonds. The van der Waals surface area contributed by atoms with Crippen LogP contribution >= 0.6 is 15.9 Å². The third kappa shape index (κ3) is 2.25. The van der Waals surface area contributed by atoms with E-state index in [0.717, 1.165) is 30.4 Å². The number of halogens is 1. The third-order valence-corrected chi connectivity index (χ3v) is 3.98. The van der Waals surface area contributed by atoms with Crippen molar-refractivity contribution in [2.75, 3.05) is 20.1 Å². The number of piperidine rings is 1. The predicted octanol–water partition coefficient (Wildman–Crippen LogP) is 2.33. The maximum atomic E-state index is 6.49. The number of rotatable bonds is 1. The van der Waals surface area contributed by atoms with Gasteiger partial charge in [0, 0.05) is 10.0 Å². The number of hydrogen-bond acceptors (Lipinski definition) is 2. The number of hydrogen-bond donors (Lipinski definition) is 1. The fraction of sp³-hybridized carbons (Fsp3) is 0.500. The molecule has 0 radical (unpaired) electrons. The van der Waals surface area contributed by atoms with Crippen LogP contribution in [0.2, 0.25) is 0 Å². The Bertz CT molecular complexity index is 343. The SMILES string of the molecule is CN1CCC(N)(c2ccccc2Br)CC1. The Balaban J connectivity index is 2.26. The molecule has 0 spiro atoms. The van der Waals surface area contributed by atoms with Crippen molar-refractivity contribution in [3.05, 3.63) is 34.3 Å². The lowest BCUT2D eigenvalue weighted by molar-refractivity contribution is 0.191. The first-order chi connectivity index (χ1) is 7.12. The average Bonchev–Trinajstić information content (AvgIpc) is 2.23. The number of likely N-dealkylation sites (tertiary alicyclic amines) is 1. The van der Waals surface area contributed by atoms with Gasteiger partial charge in [0.25, 0.3) is 0 Å². The fourth-order valence-electron chi connectivity index (χ4n) is 2.15. The summed E-state index contributed by atoms with van der Waals surface area (Å²) >= 11 is 3.59. The van der Waals surface area contributed by atoms with Gasteiger partial charge < -0.3 is 10.6 Å². The zero-order valence-corrected chi connectivity index (χ0v) is 10.6. The molecule has 1 aromatic rings. The maximum absolute atomic E-state index is 6.49. The summed E-state index contributed by atoms with van der Waals surface area (Å²) in [5.74, 6) is 0. The summed E-state index contributed by atoms with van der Waals surface area (Å²) in [7, 11) is 2.15. The summed E-state index contributed by atoms with van der Waals surface area (Å²) in [6.45, 7) is 2.16. The van der Waals surface area contributed by atoms with E-state index in [1.165, 1.54) is 5.56 Å². The van der Waals surface area contributed by atoms with Crippen molar-refractivity contribution in [3.63, 3.8) is 0 Å². The molecule has 1 aliphatic heterocycles. The van der Waals surface area contributed by atoms with Gasteiger partial charge in [-0.1, -0.05) is 34.1 Å². The van der Waals surface area contributed by atoms with Crippen molar-refractivity contribution in [1.29, 1.82) is 0 Å². The number of nitrogens with zero attached hydrogens (tertiary/aromatic N) is 1. The van der Waals surface area contributed by atoms with E-state index in [-0.39, 0.29) is 5.54 Å². The zero-order chi connectivity index (χ0) is 10.9. The summed E-state index contributed by atoms with van der Waals surface area (Å²) in [6, 6.07) is 8.30. The molecule has 82 valence electrons. The van der Waals surface area contributed by atoms with Gasteiger partial charge in [0.2, 0.25) is 0 Å². The van der Waals surface area contributed by atoms with E-state index in [1.54, 1.807) is 0 Å². The Labute approximate surface area is 99.6 Å². The number of nitrogens with two attached hydrogens (primary N) is 1. The lowest BCUT2D eigenvalue weighted by atomic mass is 9.82. The smallest absolute Gasteiger partial charge is 0.0445 e. The highest BCUT2D eigenvalue weighted by Gasteiger charge is 2.32. The van der Waals surface area contributed by atoms with Crippen molar-refractivity contribution < 1.29 is 0 Å². The first-order valence-corrected chi connectivity index (χ1v) is 6.13. The van der Waals surface area contributed by atoms with Gasteiger partial charge in [-0.05, 0) is 44.6 Å². The summed E-state index contributed by atoms with van der Waals surface area (Å²) in [5.41, 5.74) is 7.59. The Morgan fingerprint density at radius 2 is 1.87 bits per heavy atom. The van der Waals surface area contributed by atoms with Crippen LogP contribution in [0.15, 0.2) is 28.7 Å². The monoisotopic (exact) mass is 268 g/mol. The summed E-state index contributed by atoms with van der Waals surface area (Å²) in [6.07, 6.45) is 2.07. The molecule has 0 aromatic heterocycles. The Morgan fingerprint density at radius 1 is 1.27 bits per heavy atom. The van der Waals surface area contributed by atoms with Crippen LogP contribution in [0.5, 0.6) is 0 Å². The van der Waals surface area contributed by atoms with Crippen molar-refractivity contribution in [1.82, 2.24) is 4.90 Å². The van der Waals surface area contributed by atoms with E-state index < -0.39 is 0 Å². The lowest BCUT2D eigenvalue weighted by Gasteiger charge is -2.38. The van der Waals surface area contributed by atoms with Crippen LogP contribution in [0.4, 0.5) is 0 Å². The quantitative estimate of drug-likeness (QED) is 0.847. The Hall–Kier alpha value is -0.380. The highest BCUT2D eigenvalue weighted by atomic mass is 79.9. The highest BCUT2D eigenvalue weighted by molar-refractivity contribution is 9.10. The summed E-state index contributed by atoms with van der Waals surface area (Å²) in [4.78, 5) is 2.34. The van der Waals surface area contributed by atoms with Crippen LogP contribution in [0.3, 0.4) is 0 Å². The number of benzene rings is 1. The van der Waals surface area contributed by atoms with E-state index in [2.05, 4.69) is 46.1 Å². The summed E-state index contributed by atoms with van der Waals surface area (Å²) in [5, 5.41) is 0. The minimum absolute atomic E-state index is 0.146. The molecule has 0 bridgehead atoms. The van der Waals surface area contributed by atoms with Crippen LogP contribution < -0.4 is 5.73 Å². The first-order valence-electron chi connectivity index (χ1n) is 5.34. The van der Waals surface area contributed by atoms with Gasteiger partial charge in [0.15, 0.2) is 0 Å². The molecule has 1 aliphatic rings. The molecule has 3 heteroatoms. The fourth-order valence-corrected chi connectivity index (χ4v) is 2.83. The van der Waals surface area contributed by atoms with Crippen LogP contribution in [0.25, 0.3) is 0 Å². The van der Waals surface area contributed by atoms with Crippen LogP contribution in [0, 0.1) is 0 Å². The molecule has 0 aliphatic carbocycles. The molecule has 1 saturated heterocycles. The molecule has 1 aromatic carbocycles. The molecule has 1 fully saturated rings. The normalized spacial score (nSPS) is 21.5. The van der Waals surface area contributed by atoms with E-state index >= 15 is 0 Å². The second kappa shape index (κ2) is 4.24. The molecule has 1 heterocycles. The average molecular weight is 269 g/mol. The van der Waals surface area contributed by atoms with E-state index in [9.17, 15) is 0 Å². The third-order valence-electron chi connectivity index (χ3n) is 3.29. The van der Waals surface area contributed by atoms with Crippen molar-refractivity contribution in [2.45, 2.75) is 18.4 Å². The molecule has 0 saturated carbocycles. The Kier molecular flexibility index (Phi) is 3.14. The lowest BCUT2D eigenvalue weighted by Crippen LogP contribution is -2.47. The molecule has 0 unspecified atom stereocenters. The molecule has 15 heavy (non-hydrogen) atoms. The predicted molar refractivity (Wildman–Crippen MR) is 66.7 cm³/mol. The van der Waals surface area contributed by atoms with Crippen molar-refractivity contribution in [2.24, 2.45) is 5.73 Å². The van der Waals surface area contributed by atoms with Gasteiger partial charge >= 0.3 is 0 Å². The van der Waals surface area contributed by atoms with Crippen LogP contribution in [-0.2, 0) is 5.54 Å².